The summed E-state index contributed by atoms with van der Waals surface area (Å²) in [5.41, 5.74) is 0. The van der Waals surface area contributed by atoms with Gasteiger partial charge in [-0.2, -0.15) is 8.42 Å². The van der Waals surface area contributed by atoms with Crippen molar-refractivity contribution in [2.75, 3.05) is 13.2 Å². The molecule has 1 rings (SSSR count). The lowest BCUT2D eigenvalue weighted by Crippen LogP contribution is -2.61. The molecule has 0 aliphatic carbocycles. The first-order valence-electron chi connectivity index (χ1n) is 23.9. The standard InChI is InChI=1S/C45H89NO11S/c1-3-5-7-9-11-13-15-17-19-20-21-22-24-26-28-30-32-34-39(48)38(37-55-45-43(51)44(57-58(52,53)54)42(50)40(36-47)56-45)46-41(49)35-33-31-29-27-25-23-18-16-14-12-10-8-6-4-2/h38-40,42-45,47-48,50-51H,3-37H2,1-2H3,(H,46,49)(H,52,53,54). The zero-order chi connectivity index (χ0) is 42.7. The van der Waals surface area contributed by atoms with Crippen LogP contribution in [0.3, 0.4) is 0 Å². The summed E-state index contributed by atoms with van der Waals surface area (Å²) in [7, 11) is -5.07. The van der Waals surface area contributed by atoms with Crippen LogP contribution in [0, 0.1) is 0 Å². The van der Waals surface area contributed by atoms with Crippen molar-refractivity contribution in [2.24, 2.45) is 0 Å². The van der Waals surface area contributed by atoms with Crippen molar-refractivity contribution in [2.45, 2.75) is 269 Å². The molecule has 6 N–H and O–H groups in total. The Morgan fingerprint density at radius 3 is 1.38 bits per heavy atom. The van der Waals surface area contributed by atoms with Crippen molar-refractivity contribution in [3.63, 3.8) is 0 Å². The number of hydrogen-bond acceptors (Lipinski definition) is 10. The largest absolute Gasteiger partial charge is 0.397 e. The third kappa shape index (κ3) is 29.4. The number of hydrogen-bond donors (Lipinski definition) is 6. The Labute approximate surface area is 354 Å². The van der Waals surface area contributed by atoms with Crippen LogP contribution in [-0.2, 0) is 28.9 Å². The molecule has 1 aliphatic heterocycles. The number of amides is 1. The van der Waals surface area contributed by atoms with Crippen molar-refractivity contribution >= 4 is 16.3 Å². The van der Waals surface area contributed by atoms with Gasteiger partial charge in [-0.3, -0.25) is 9.35 Å². The summed E-state index contributed by atoms with van der Waals surface area (Å²) in [6.07, 6.45) is 29.5. The van der Waals surface area contributed by atoms with Gasteiger partial charge in [0.1, 0.15) is 24.4 Å². The zero-order valence-corrected chi connectivity index (χ0v) is 37.7. The third-order valence-corrected chi connectivity index (χ3v) is 12.1. The number of ether oxygens (including phenoxy) is 2. The minimum absolute atomic E-state index is 0.227. The fourth-order valence-corrected chi connectivity index (χ4v) is 8.44. The van der Waals surface area contributed by atoms with Gasteiger partial charge in [-0.25, -0.2) is 4.18 Å². The normalized spacial score (nSPS) is 21.0. The van der Waals surface area contributed by atoms with Crippen molar-refractivity contribution in [3.8, 4) is 0 Å². The van der Waals surface area contributed by atoms with E-state index in [-0.39, 0.29) is 12.5 Å². The number of carbonyl (C=O) groups is 1. The van der Waals surface area contributed by atoms with E-state index in [1.807, 2.05) is 0 Å². The van der Waals surface area contributed by atoms with Crippen molar-refractivity contribution in [1.82, 2.24) is 5.32 Å². The minimum Gasteiger partial charge on any atom is -0.394 e. The predicted molar refractivity (Wildman–Crippen MR) is 232 cm³/mol. The second-order valence-electron chi connectivity index (χ2n) is 17.1. The Morgan fingerprint density at radius 1 is 0.621 bits per heavy atom. The Morgan fingerprint density at radius 2 is 1.00 bits per heavy atom. The molecule has 12 nitrogen and oxygen atoms in total. The average molecular weight is 852 g/mol. The molecular formula is C45H89NO11S. The average Bonchev–Trinajstić information content (AvgIpc) is 3.19. The van der Waals surface area contributed by atoms with Crippen LogP contribution in [-0.4, -0.2) is 95.4 Å². The molecule has 7 atom stereocenters. The van der Waals surface area contributed by atoms with Gasteiger partial charge >= 0.3 is 10.4 Å². The van der Waals surface area contributed by atoms with Gasteiger partial charge in [0.2, 0.25) is 5.91 Å². The van der Waals surface area contributed by atoms with E-state index in [4.69, 9.17) is 9.47 Å². The van der Waals surface area contributed by atoms with Crippen LogP contribution < -0.4 is 5.32 Å². The van der Waals surface area contributed by atoms with Crippen molar-refractivity contribution < 1.29 is 51.8 Å². The molecule has 0 spiro atoms. The quantitative estimate of drug-likeness (QED) is 0.0254. The van der Waals surface area contributed by atoms with Gasteiger partial charge in [-0.1, -0.05) is 206 Å². The van der Waals surface area contributed by atoms with E-state index in [2.05, 4.69) is 23.3 Å². The maximum atomic E-state index is 13.0. The molecule has 0 bridgehead atoms. The minimum atomic E-state index is -5.07. The van der Waals surface area contributed by atoms with Gasteiger partial charge in [0.15, 0.2) is 6.29 Å². The maximum Gasteiger partial charge on any atom is 0.397 e. The first-order chi connectivity index (χ1) is 28.0. The van der Waals surface area contributed by atoms with E-state index in [1.165, 1.54) is 148 Å². The molecule has 1 heterocycles. The second-order valence-corrected chi connectivity index (χ2v) is 18.1. The molecule has 346 valence electrons. The van der Waals surface area contributed by atoms with Crippen LogP contribution in [0.1, 0.15) is 226 Å². The Balaban J connectivity index is 2.47. The fraction of sp³-hybridized carbons (Fsp3) is 0.978. The first-order valence-corrected chi connectivity index (χ1v) is 25.3. The number of aliphatic hydroxyl groups is 4. The number of aliphatic hydroxyl groups excluding tert-OH is 4. The van der Waals surface area contributed by atoms with Crippen LogP contribution >= 0.6 is 0 Å². The van der Waals surface area contributed by atoms with Crippen LogP contribution in [0.5, 0.6) is 0 Å². The molecule has 7 unspecified atom stereocenters. The van der Waals surface area contributed by atoms with Crippen molar-refractivity contribution in [3.05, 3.63) is 0 Å². The summed E-state index contributed by atoms with van der Waals surface area (Å²) in [6, 6.07) is -0.851. The highest BCUT2D eigenvalue weighted by atomic mass is 32.3. The summed E-state index contributed by atoms with van der Waals surface area (Å²) in [6.45, 7) is 3.46. The van der Waals surface area contributed by atoms with Crippen LogP contribution in [0.25, 0.3) is 0 Å². The van der Waals surface area contributed by atoms with E-state index >= 15 is 0 Å². The lowest BCUT2D eigenvalue weighted by Gasteiger charge is -2.41. The monoisotopic (exact) mass is 852 g/mol. The van der Waals surface area contributed by atoms with Gasteiger partial charge in [-0.15, -0.1) is 0 Å². The molecule has 1 saturated heterocycles. The van der Waals surface area contributed by atoms with E-state index < -0.39 is 59.9 Å². The van der Waals surface area contributed by atoms with E-state index in [9.17, 15) is 38.2 Å². The second kappa shape index (κ2) is 36.7. The molecule has 0 radical (unpaired) electrons. The SMILES string of the molecule is CCCCCCCCCCCCCCCCCCCC(O)C(COC1OC(CO)C(O)C(OS(=O)(=O)O)C1O)NC(=O)CCCCCCCCCCCCCCCC. The molecule has 1 aliphatic rings. The smallest absolute Gasteiger partial charge is 0.394 e. The van der Waals surface area contributed by atoms with E-state index in [0.29, 0.717) is 12.8 Å². The summed E-state index contributed by atoms with van der Waals surface area (Å²) in [5.74, 6) is -0.227. The van der Waals surface area contributed by atoms with Gasteiger partial charge in [0.05, 0.1) is 25.4 Å². The number of carbonyl (C=O) groups excluding carboxylic acids is 1. The van der Waals surface area contributed by atoms with Crippen LogP contribution in [0.15, 0.2) is 0 Å². The van der Waals surface area contributed by atoms with Gasteiger partial charge < -0.3 is 35.2 Å². The predicted octanol–water partition coefficient (Wildman–Crippen LogP) is 9.39. The van der Waals surface area contributed by atoms with Crippen LogP contribution in [0.4, 0.5) is 0 Å². The number of rotatable bonds is 41. The Kier molecular flexibility index (Phi) is 34.9. The molecule has 0 aromatic rings. The highest BCUT2D eigenvalue weighted by Gasteiger charge is 2.48. The van der Waals surface area contributed by atoms with Crippen LogP contribution in [0.2, 0.25) is 0 Å². The van der Waals surface area contributed by atoms with Gasteiger partial charge in [0.25, 0.3) is 0 Å². The summed E-state index contributed by atoms with van der Waals surface area (Å²) >= 11 is 0. The summed E-state index contributed by atoms with van der Waals surface area (Å²) in [4.78, 5) is 13.0. The number of unbranched alkanes of at least 4 members (excludes halogenated alkanes) is 29. The Bertz CT molecular complexity index is 1050. The molecule has 1 amide bonds. The molecule has 1 fully saturated rings. The maximum absolute atomic E-state index is 13.0. The van der Waals surface area contributed by atoms with Gasteiger partial charge in [0, 0.05) is 6.42 Å². The third-order valence-electron chi connectivity index (χ3n) is 11.7. The highest BCUT2D eigenvalue weighted by Crippen LogP contribution is 2.26. The first kappa shape index (κ1) is 55.1. The van der Waals surface area contributed by atoms with E-state index in [0.717, 1.165) is 51.4 Å². The lowest BCUT2D eigenvalue weighted by atomic mass is 9.99. The fourth-order valence-electron chi connectivity index (χ4n) is 7.93. The summed E-state index contributed by atoms with van der Waals surface area (Å²) in [5, 5.41) is 44.9. The molecule has 0 aromatic heterocycles. The molecule has 58 heavy (non-hydrogen) atoms. The summed E-state index contributed by atoms with van der Waals surface area (Å²) < 4.78 is 47.7. The lowest BCUT2D eigenvalue weighted by molar-refractivity contribution is -0.298. The molecule has 0 saturated carbocycles. The number of nitrogens with one attached hydrogen (secondary N) is 1. The van der Waals surface area contributed by atoms with Crippen molar-refractivity contribution in [1.29, 1.82) is 0 Å². The highest BCUT2D eigenvalue weighted by molar-refractivity contribution is 7.80. The molecule has 13 heteroatoms. The Hall–Kier alpha value is -0.900. The molecular weight excluding hydrogens is 763 g/mol. The zero-order valence-electron chi connectivity index (χ0n) is 36.9. The topological polar surface area (TPSA) is 192 Å². The van der Waals surface area contributed by atoms with E-state index in [1.54, 1.807) is 0 Å². The van der Waals surface area contributed by atoms with Gasteiger partial charge in [-0.05, 0) is 12.8 Å². The molecule has 0 aromatic carbocycles.